The Kier molecular flexibility index (Phi) is 10.7. The molecule has 4 N–H and O–H groups in total. The van der Waals surface area contributed by atoms with Gasteiger partial charge in [0.05, 0.1) is 24.8 Å². The average molecular weight is 679 g/mol. The minimum absolute atomic E-state index is 0.0178. The molecule has 2 aliphatic rings. The fourth-order valence-electron chi connectivity index (χ4n) is 7.00. The van der Waals surface area contributed by atoms with Crippen LogP contribution in [0, 0.1) is 5.92 Å². The van der Waals surface area contributed by atoms with Crippen molar-refractivity contribution < 1.29 is 37.4 Å². The number of carbonyl (C=O) groups is 2. The highest BCUT2D eigenvalue weighted by atomic mass is 19.4. The monoisotopic (exact) mass is 678 g/mol. The molecule has 4 aromatic rings. The highest BCUT2D eigenvalue weighted by Crippen LogP contribution is 2.32. The van der Waals surface area contributed by atoms with Gasteiger partial charge in [0, 0.05) is 43.9 Å². The molecule has 1 fully saturated rings. The van der Waals surface area contributed by atoms with Gasteiger partial charge in [-0.1, -0.05) is 72.8 Å². The van der Waals surface area contributed by atoms with Crippen LogP contribution in [0.25, 0.3) is 11.0 Å². The first-order valence-corrected chi connectivity index (χ1v) is 16.6. The number of rotatable bonds is 12. The number of aliphatic hydroxyl groups is 2. The Hall–Kier alpha value is -4.23. The first-order chi connectivity index (χ1) is 23.5. The third-order valence-electron chi connectivity index (χ3n) is 9.40. The third kappa shape index (κ3) is 8.87. The van der Waals surface area contributed by atoms with Crippen LogP contribution in [0.3, 0.4) is 0 Å². The number of para-hydroxylation sites is 1. The molecule has 260 valence electrons. The zero-order valence-electron chi connectivity index (χ0n) is 27.0. The summed E-state index contributed by atoms with van der Waals surface area (Å²) in [7, 11) is 0. The zero-order valence-corrected chi connectivity index (χ0v) is 27.0. The van der Waals surface area contributed by atoms with Crippen LogP contribution in [0.5, 0.6) is 0 Å². The SMILES string of the molecule is O=C(N[C@H]1c2ccccc2C[C@H]1O)[C@@H](Cc1ccccc1)C[C@H](O)CN1CCN(Cc2cc3ccccc3o2)C[C@H]1C(=O)NCC(F)(F)F. The number of hydrogen-bond donors (Lipinski definition) is 4. The summed E-state index contributed by atoms with van der Waals surface area (Å²) in [6.45, 7) is -0.195. The average Bonchev–Trinajstić information content (AvgIpc) is 3.63. The summed E-state index contributed by atoms with van der Waals surface area (Å²) < 4.78 is 45.1. The Labute approximate surface area is 282 Å². The number of β-amino-alcohol motifs (C(OH)–C–C–N with tert-alkyl or cyclic N) is 1. The molecule has 1 aliphatic heterocycles. The molecular weight excluding hydrogens is 637 g/mol. The summed E-state index contributed by atoms with van der Waals surface area (Å²) in [4.78, 5) is 30.6. The van der Waals surface area contributed by atoms with Crippen molar-refractivity contribution in [1.82, 2.24) is 20.4 Å². The first kappa shape index (κ1) is 34.6. The van der Waals surface area contributed by atoms with Crippen molar-refractivity contribution in [2.75, 3.05) is 32.7 Å². The van der Waals surface area contributed by atoms with Crippen LogP contribution in [0.15, 0.2) is 89.3 Å². The van der Waals surface area contributed by atoms with Gasteiger partial charge >= 0.3 is 6.18 Å². The summed E-state index contributed by atoms with van der Waals surface area (Å²) in [5, 5.41) is 28.1. The fraction of sp³-hybridized carbons (Fsp3) is 0.405. The molecule has 12 heteroatoms. The number of nitrogens with zero attached hydrogens (tertiary/aromatic N) is 2. The van der Waals surface area contributed by atoms with E-state index in [1.54, 1.807) is 4.90 Å². The molecule has 0 bridgehead atoms. The van der Waals surface area contributed by atoms with Crippen LogP contribution in [0.4, 0.5) is 13.2 Å². The van der Waals surface area contributed by atoms with Crippen LogP contribution in [0.1, 0.15) is 34.9 Å². The van der Waals surface area contributed by atoms with Crippen molar-refractivity contribution in [3.8, 4) is 0 Å². The second-order valence-electron chi connectivity index (χ2n) is 13.1. The number of nitrogens with one attached hydrogen (secondary N) is 2. The van der Waals surface area contributed by atoms with E-state index in [9.17, 15) is 33.0 Å². The maximum Gasteiger partial charge on any atom is 0.405 e. The zero-order chi connectivity index (χ0) is 34.5. The van der Waals surface area contributed by atoms with Crippen molar-refractivity contribution in [2.24, 2.45) is 5.92 Å². The number of fused-ring (bicyclic) bond motifs is 2. The Morgan fingerprint density at radius 1 is 0.980 bits per heavy atom. The molecule has 0 radical (unpaired) electrons. The maximum absolute atomic E-state index is 13.8. The van der Waals surface area contributed by atoms with Gasteiger partial charge in [-0.2, -0.15) is 13.2 Å². The van der Waals surface area contributed by atoms with Crippen molar-refractivity contribution in [3.63, 3.8) is 0 Å². The van der Waals surface area contributed by atoms with E-state index in [1.807, 2.05) is 95.1 Å². The maximum atomic E-state index is 13.8. The minimum atomic E-state index is -4.58. The summed E-state index contributed by atoms with van der Waals surface area (Å²) in [5.74, 6) is -1.11. The van der Waals surface area contributed by atoms with E-state index in [-0.39, 0.29) is 25.4 Å². The Bertz CT molecular complexity index is 1700. The molecule has 6 rings (SSSR count). The normalized spacial score (nSPS) is 21.3. The van der Waals surface area contributed by atoms with Gasteiger partial charge in [0.25, 0.3) is 0 Å². The summed E-state index contributed by atoms with van der Waals surface area (Å²) in [6, 6.07) is 24.9. The van der Waals surface area contributed by atoms with Gasteiger partial charge in [-0.05, 0) is 41.7 Å². The van der Waals surface area contributed by atoms with Crippen LogP contribution >= 0.6 is 0 Å². The van der Waals surface area contributed by atoms with Crippen LogP contribution in [-0.4, -0.2) is 89.0 Å². The Morgan fingerprint density at radius 3 is 2.49 bits per heavy atom. The topological polar surface area (TPSA) is 118 Å². The van der Waals surface area contributed by atoms with E-state index in [1.165, 1.54) is 0 Å². The predicted molar refractivity (Wildman–Crippen MR) is 177 cm³/mol. The molecule has 2 amide bonds. The van der Waals surface area contributed by atoms with Crippen molar-refractivity contribution >= 4 is 22.8 Å². The number of halogens is 3. The van der Waals surface area contributed by atoms with Gasteiger partial charge in [0.2, 0.25) is 11.8 Å². The first-order valence-electron chi connectivity index (χ1n) is 16.6. The summed E-state index contributed by atoms with van der Waals surface area (Å²) >= 11 is 0. The lowest BCUT2D eigenvalue weighted by molar-refractivity contribution is -0.143. The molecule has 9 nitrogen and oxygen atoms in total. The third-order valence-corrected chi connectivity index (χ3v) is 9.40. The molecule has 0 spiro atoms. The molecule has 5 atom stereocenters. The number of hydrogen-bond acceptors (Lipinski definition) is 7. The van der Waals surface area contributed by atoms with Crippen molar-refractivity contribution in [3.05, 3.63) is 107 Å². The molecule has 1 aliphatic carbocycles. The Balaban J connectivity index is 1.15. The minimum Gasteiger partial charge on any atom is -0.460 e. The molecule has 0 saturated carbocycles. The van der Waals surface area contributed by atoms with E-state index in [0.29, 0.717) is 38.2 Å². The van der Waals surface area contributed by atoms with Crippen LogP contribution in [-0.2, 0) is 29.0 Å². The van der Waals surface area contributed by atoms with Gasteiger partial charge in [0.15, 0.2) is 0 Å². The van der Waals surface area contributed by atoms with E-state index in [2.05, 4.69) is 5.32 Å². The molecule has 49 heavy (non-hydrogen) atoms. The van der Waals surface area contributed by atoms with Crippen LogP contribution in [0.2, 0.25) is 0 Å². The van der Waals surface area contributed by atoms with Crippen molar-refractivity contribution in [1.29, 1.82) is 0 Å². The van der Waals surface area contributed by atoms with Crippen LogP contribution < -0.4 is 10.6 Å². The van der Waals surface area contributed by atoms with E-state index >= 15 is 0 Å². The summed E-state index contributed by atoms with van der Waals surface area (Å²) in [5.41, 5.74) is 3.44. The molecule has 2 heterocycles. The number of alkyl halides is 3. The standard InChI is InChI=1S/C37H41F3N4O5/c38-37(39,40)23-41-36(48)31-22-43(21-29-18-26-11-5-7-13-33(26)49-29)14-15-44(31)20-28(45)17-27(16-24-8-2-1-3-9-24)35(47)42-34-30-12-6-4-10-25(30)19-32(34)46/h1-13,18,27-28,31-32,34,45-46H,14-17,19-23H2,(H,41,48)(H,42,47)/t27-,28-,31-,32+,34-/m0/s1. The lowest BCUT2D eigenvalue weighted by Crippen LogP contribution is -2.60. The Morgan fingerprint density at radius 2 is 1.71 bits per heavy atom. The number of piperazine rings is 1. The molecule has 0 unspecified atom stereocenters. The lowest BCUT2D eigenvalue weighted by atomic mass is 9.91. The number of amides is 2. The van der Waals surface area contributed by atoms with Gasteiger partial charge in [0.1, 0.15) is 23.9 Å². The number of carbonyl (C=O) groups excluding carboxylic acids is 2. The number of furan rings is 1. The van der Waals surface area contributed by atoms with E-state index in [0.717, 1.165) is 27.7 Å². The van der Waals surface area contributed by atoms with E-state index in [4.69, 9.17) is 4.42 Å². The predicted octanol–water partition coefficient (Wildman–Crippen LogP) is 3.98. The van der Waals surface area contributed by atoms with Gasteiger partial charge in [-0.25, -0.2) is 0 Å². The molecule has 3 aromatic carbocycles. The van der Waals surface area contributed by atoms with Gasteiger partial charge in [-0.15, -0.1) is 0 Å². The fourth-order valence-corrected chi connectivity index (χ4v) is 7.00. The molecule has 1 saturated heterocycles. The van der Waals surface area contributed by atoms with Gasteiger partial charge < -0.3 is 25.3 Å². The molecular formula is C37H41F3N4O5. The molecule has 1 aromatic heterocycles. The number of aliphatic hydroxyl groups excluding tert-OH is 2. The summed E-state index contributed by atoms with van der Waals surface area (Å²) in [6.07, 6.45) is -5.63. The van der Waals surface area contributed by atoms with Crippen molar-refractivity contribution in [2.45, 2.75) is 56.3 Å². The van der Waals surface area contributed by atoms with Gasteiger partial charge in [-0.3, -0.25) is 19.4 Å². The second kappa shape index (κ2) is 15.1. The smallest absolute Gasteiger partial charge is 0.405 e. The second-order valence-corrected chi connectivity index (χ2v) is 13.1. The lowest BCUT2D eigenvalue weighted by Gasteiger charge is -2.41. The highest BCUT2D eigenvalue weighted by Gasteiger charge is 2.38. The highest BCUT2D eigenvalue weighted by molar-refractivity contribution is 5.82. The largest absolute Gasteiger partial charge is 0.460 e. The number of benzene rings is 3. The quantitative estimate of drug-likeness (QED) is 0.179. The van der Waals surface area contributed by atoms with E-state index < -0.39 is 48.8 Å².